The summed E-state index contributed by atoms with van der Waals surface area (Å²) >= 11 is 0. The summed E-state index contributed by atoms with van der Waals surface area (Å²) in [4.78, 5) is 4.20. The summed E-state index contributed by atoms with van der Waals surface area (Å²) in [5.41, 5.74) is 6.73. The van der Waals surface area contributed by atoms with Gasteiger partial charge in [-0.1, -0.05) is 30.3 Å². The van der Waals surface area contributed by atoms with Gasteiger partial charge in [0.1, 0.15) is 5.84 Å². The number of nitrogens with zero attached hydrogens (tertiary/aromatic N) is 1. The number of nitrogens with two attached hydrogens (primary N) is 1. The Hall–Kier alpha value is -1.35. The van der Waals surface area contributed by atoms with Gasteiger partial charge in [0.15, 0.2) is 0 Å². The molecule has 0 radical (unpaired) electrons. The third kappa shape index (κ3) is 3.58. The minimum Gasteiger partial charge on any atom is -0.384 e. The smallest absolute Gasteiger partial charge is 0.125 e. The summed E-state index contributed by atoms with van der Waals surface area (Å²) in [6, 6.07) is 9.73. The summed E-state index contributed by atoms with van der Waals surface area (Å²) in [6.45, 7) is 3.93. The zero-order chi connectivity index (χ0) is 10.2. The Balaban J connectivity index is 2.44. The molecule has 0 saturated heterocycles. The van der Waals surface area contributed by atoms with Crippen molar-refractivity contribution < 1.29 is 4.74 Å². The van der Waals surface area contributed by atoms with E-state index < -0.39 is 0 Å². The SMILES string of the molecule is CCOCCN=C(N)c1ccccc1. The summed E-state index contributed by atoms with van der Waals surface area (Å²) in [6.07, 6.45) is 0. The van der Waals surface area contributed by atoms with Gasteiger partial charge in [0.05, 0.1) is 13.2 Å². The molecule has 3 heteroatoms. The molecule has 0 atom stereocenters. The zero-order valence-electron chi connectivity index (χ0n) is 8.44. The van der Waals surface area contributed by atoms with Crippen LogP contribution >= 0.6 is 0 Å². The van der Waals surface area contributed by atoms with E-state index >= 15 is 0 Å². The molecule has 0 saturated carbocycles. The van der Waals surface area contributed by atoms with E-state index in [1.807, 2.05) is 37.3 Å². The number of hydrogen-bond donors (Lipinski definition) is 1. The molecule has 0 aliphatic heterocycles. The predicted octanol–water partition coefficient (Wildman–Crippen LogP) is 1.43. The topological polar surface area (TPSA) is 47.6 Å². The number of ether oxygens (including phenoxy) is 1. The summed E-state index contributed by atoms with van der Waals surface area (Å²) < 4.78 is 5.16. The lowest BCUT2D eigenvalue weighted by molar-refractivity contribution is 0.156. The number of benzene rings is 1. The fraction of sp³-hybridized carbons (Fsp3) is 0.364. The van der Waals surface area contributed by atoms with E-state index in [4.69, 9.17) is 10.5 Å². The van der Waals surface area contributed by atoms with Gasteiger partial charge in [0, 0.05) is 12.2 Å². The van der Waals surface area contributed by atoms with Crippen LogP contribution in [0.25, 0.3) is 0 Å². The molecule has 1 aromatic carbocycles. The van der Waals surface area contributed by atoms with Gasteiger partial charge in [0.2, 0.25) is 0 Å². The van der Waals surface area contributed by atoms with Gasteiger partial charge in [-0.15, -0.1) is 0 Å². The monoisotopic (exact) mass is 192 g/mol. The minimum atomic E-state index is 0.574. The van der Waals surface area contributed by atoms with E-state index in [2.05, 4.69) is 4.99 Å². The lowest BCUT2D eigenvalue weighted by Crippen LogP contribution is -2.14. The van der Waals surface area contributed by atoms with Gasteiger partial charge in [-0.05, 0) is 6.92 Å². The van der Waals surface area contributed by atoms with Gasteiger partial charge >= 0.3 is 0 Å². The van der Waals surface area contributed by atoms with Gasteiger partial charge in [-0.25, -0.2) is 0 Å². The Labute approximate surface area is 84.6 Å². The van der Waals surface area contributed by atoms with Crippen LogP contribution in [0.2, 0.25) is 0 Å². The largest absolute Gasteiger partial charge is 0.384 e. The Kier molecular flexibility index (Phi) is 4.72. The molecule has 3 nitrogen and oxygen atoms in total. The molecule has 0 spiro atoms. The molecule has 76 valence electrons. The number of rotatable bonds is 5. The molecule has 1 aromatic rings. The lowest BCUT2D eigenvalue weighted by atomic mass is 10.2. The molecular weight excluding hydrogens is 176 g/mol. The quantitative estimate of drug-likeness (QED) is 0.436. The second-order valence-corrected chi connectivity index (χ2v) is 2.83. The van der Waals surface area contributed by atoms with Crippen molar-refractivity contribution in [3.8, 4) is 0 Å². The maximum absolute atomic E-state index is 5.77. The first kappa shape index (κ1) is 10.7. The highest BCUT2D eigenvalue weighted by Gasteiger charge is 1.94. The van der Waals surface area contributed by atoms with E-state index in [9.17, 15) is 0 Å². The van der Waals surface area contributed by atoms with Gasteiger partial charge < -0.3 is 10.5 Å². The molecule has 0 aromatic heterocycles. The molecule has 0 amide bonds. The first-order valence-corrected chi connectivity index (χ1v) is 4.77. The molecule has 2 N–H and O–H groups in total. The van der Waals surface area contributed by atoms with Crippen molar-refractivity contribution in [2.45, 2.75) is 6.92 Å². The van der Waals surface area contributed by atoms with Crippen LogP contribution in [0.5, 0.6) is 0 Å². The number of aliphatic imine (C=N–C) groups is 1. The Morgan fingerprint density at radius 2 is 2.07 bits per heavy atom. The standard InChI is InChI=1S/C11H16N2O/c1-2-14-9-8-13-11(12)10-6-4-3-5-7-10/h3-7H,2,8-9H2,1H3,(H2,12,13). The van der Waals surface area contributed by atoms with Crippen LogP contribution in [0.1, 0.15) is 12.5 Å². The van der Waals surface area contributed by atoms with Gasteiger partial charge in [0.25, 0.3) is 0 Å². The molecule has 0 bridgehead atoms. The van der Waals surface area contributed by atoms with E-state index in [0.29, 0.717) is 19.0 Å². The second-order valence-electron chi connectivity index (χ2n) is 2.83. The lowest BCUT2D eigenvalue weighted by Gasteiger charge is -2.00. The van der Waals surface area contributed by atoms with Crippen molar-refractivity contribution in [3.05, 3.63) is 35.9 Å². The average Bonchev–Trinajstić information content (AvgIpc) is 2.25. The van der Waals surface area contributed by atoms with Gasteiger partial charge in [-0.3, -0.25) is 4.99 Å². The number of amidine groups is 1. The summed E-state index contributed by atoms with van der Waals surface area (Å²) in [7, 11) is 0. The molecule has 0 heterocycles. The molecule has 0 unspecified atom stereocenters. The summed E-state index contributed by atoms with van der Waals surface area (Å²) in [5, 5.41) is 0. The number of hydrogen-bond acceptors (Lipinski definition) is 2. The van der Waals surface area contributed by atoms with E-state index in [-0.39, 0.29) is 0 Å². The van der Waals surface area contributed by atoms with Crippen LogP contribution in [0.4, 0.5) is 0 Å². The Morgan fingerprint density at radius 1 is 1.36 bits per heavy atom. The maximum Gasteiger partial charge on any atom is 0.125 e. The molecule has 0 fully saturated rings. The van der Waals surface area contributed by atoms with Crippen LogP contribution in [0.3, 0.4) is 0 Å². The fourth-order valence-corrected chi connectivity index (χ4v) is 1.08. The fourth-order valence-electron chi connectivity index (χ4n) is 1.08. The zero-order valence-corrected chi connectivity index (χ0v) is 8.44. The Morgan fingerprint density at radius 3 is 2.71 bits per heavy atom. The van der Waals surface area contributed by atoms with Crippen LogP contribution < -0.4 is 5.73 Å². The van der Waals surface area contributed by atoms with E-state index in [1.54, 1.807) is 0 Å². The molecule has 14 heavy (non-hydrogen) atoms. The third-order valence-electron chi connectivity index (χ3n) is 1.79. The van der Waals surface area contributed by atoms with E-state index in [1.165, 1.54) is 0 Å². The molecule has 0 aliphatic rings. The summed E-state index contributed by atoms with van der Waals surface area (Å²) in [5.74, 6) is 0.574. The minimum absolute atomic E-state index is 0.574. The van der Waals surface area contributed by atoms with Crippen molar-refractivity contribution in [1.82, 2.24) is 0 Å². The highest BCUT2D eigenvalue weighted by atomic mass is 16.5. The van der Waals surface area contributed by atoms with Crippen molar-refractivity contribution in [2.75, 3.05) is 19.8 Å². The highest BCUT2D eigenvalue weighted by Crippen LogP contribution is 1.97. The molecule has 1 rings (SSSR count). The van der Waals surface area contributed by atoms with Crippen LogP contribution in [0, 0.1) is 0 Å². The van der Waals surface area contributed by atoms with Crippen LogP contribution in [-0.2, 0) is 4.74 Å². The highest BCUT2D eigenvalue weighted by molar-refractivity contribution is 5.97. The van der Waals surface area contributed by atoms with Gasteiger partial charge in [-0.2, -0.15) is 0 Å². The molecular formula is C11H16N2O. The van der Waals surface area contributed by atoms with E-state index in [0.717, 1.165) is 12.2 Å². The van der Waals surface area contributed by atoms with Crippen molar-refractivity contribution in [1.29, 1.82) is 0 Å². The van der Waals surface area contributed by atoms with Crippen LogP contribution in [0.15, 0.2) is 35.3 Å². The second kappa shape index (κ2) is 6.16. The predicted molar refractivity (Wildman–Crippen MR) is 58.5 cm³/mol. The van der Waals surface area contributed by atoms with Crippen molar-refractivity contribution >= 4 is 5.84 Å². The Bertz CT molecular complexity index is 283. The molecule has 0 aliphatic carbocycles. The maximum atomic E-state index is 5.77. The first-order chi connectivity index (χ1) is 6.84. The van der Waals surface area contributed by atoms with Crippen molar-refractivity contribution in [2.24, 2.45) is 10.7 Å². The average molecular weight is 192 g/mol. The first-order valence-electron chi connectivity index (χ1n) is 4.77. The van der Waals surface area contributed by atoms with Crippen molar-refractivity contribution in [3.63, 3.8) is 0 Å². The van der Waals surface area contributed by atoms with Crippen LogP contribution in [-0.4, -0.2) is 25.6 Å². The normalized spacial score (nSPS) is 11.6. The third-order valence-corrected chi connectivity index (χ3v) is 1.79.